The first-order valence-corrected chi connectivity index (χ1v) is 14.1. The number of pyridine rings is 2. The topological polar surface area (TPSA) is 128 Å². The third kappa shape index (κ3) is 6.27. The minimum absolute atomic E-state index is 0.285. The van der Waals surface area contributed by atoms with E-state index in [9.17, 15) is 14.7 Å². The van der Waals surface area contributed by atoms with Gasteiger partial charge in [-0.05, 0) is 44.2 Å². The molecule has 5 aromatic rings. The molecule has 0 spiro atoms. The van der Waals surface area contributed by atoms with Crippen LogP contribution in [0.25, 0.3) is 22.5 Å². The van der Waals surface area contributed by atoms with Crippen molar-refractivity contribution in [1.82, 2.24) is 29.3 Å². The van der Waals surface area contributed by atoms with Crippen molar-refractivity contribution in [2.45, 2.75) is 33.4 Å². The first kappa shape index (κ1) is 28.3. The predicted octanol–water partition coefficient (Wildman–Crippen LogP) is 4.79. The molecule has 0 radical (unpaired) electrons. The van der Waals surface area contributed by atoms with Crippen LogP contribution in [0.4, 0.5) is 5.82 Å². The summed E-state index contributed by atoms with van der Waals surface area (Å²) in [4.78, 5) is 41.3. The first-order valence-electron chi connectivity index (χ1n) is 12.9. The van der Waals surface area contributed by atoms with Crippen molar-refractivity contribution in [1.29, 1.82) is 0 Å². The summed E-state index contributed by atoms with van der Waals surface area (Å²) in [6.07, 6.45) is 8.77. The molecule has 0 aromatic carbocycles. The van der Waals surface area contributed by atoms with E-state index < -0.39 is 11.3 Å². The Hall–Kier alpha value is -4.19. The summed E-state index contributed by atoms with van der Waals surface area (Å²) in [7, 11) is 0. The highest BCUT2D eigenvalue weighted by Crippen LogP contribution is 2.31. The number of anilines is 1. The minimum Gasteiger partial charge on any atom is -0.395 e. The summed E-state index contributed by atoms with van der Waals surface area (Å²) in [5, 5.41) is 17.8. The van der Waals surface area contributed by atoms with Gasteiger partial charge >= 0.3 is 0 Å². The van der Waals surface area contributed by atoms with Crippen molar-refractivity contribution >= 4 is 34.7 Å². The van der Waals surface area contributed by atoms with Gasteiger partial charge in [0.2, 0.25) is 0 Å². The van der Waals surface area contributed by atoms with Gasteiger partial charge in [0.15, 0.2) is 0 Å². The maximum absolute atomic E-state index is 14.0. The number of hydrogen-bond acceptors (Lipinski definition) is 9. The fraction of sp³-hybridized carbons (Fsp3) is 0.241. The van der Waals surface area contributed by atoms with Gasteiger partial charge < -0.3 is 15.0 Å². The Kier molecular flexibility index (Phi) is 8.39. The summed E-state index contributed by atoms with van der Waals surface area (Å²) in [5.74, 6) is -0.0337. The zero-order valence-corrected chi connectivity index (χ0v) is 24.1. The van der Waals surface area contributed by atoms with E-state index in [1.165, 1.54) is 16.0 Å². The molecule has 10 nitrogen and oxygen atoms in total. The summed E-state index contributed by atoms with van der Waals surface area (Å²) >= 11 is 7.52. The highest BCUT2D eigenvalue weighted by Gasteiger charge is 2.32. The lowest BCUT2D eigenvalue weighted by atomic mass is 9.94. The normalized spacial score (nSPS) is 11.5. The smallest absolute Gasteiger partial charge is 0.260 e. The van der Waals surface area contributed by atoms with E-state index in [0.717, 1.165) is 10.6 Å². The van der Waals surface area contributed by atoms with Crippen LogP contribution in [-0.2, 0) is 19.5 Å². The molecule has 0 amide bonds. The molecular formula is C29H28ClN7O3S. The number of aliphatic hydroxyl groups excluding tert-OH is 1. The van der Waals surface area contributed by atoms with Gasteiger partial charge in [-0.1, -0.05) is 17.7 Å². The molecule has 0 saturated heterocycles. The maximum Gasteiger partial charge on any atom is 0.260 e. The zero-order chi connectivity index (χ0) is 29.0. The Balaban J connectivity index is 1.61. The molecule has 0 unspecified atom stereocenters. The number of aromatic nitrogens is 6. The minimum atomic E-state index is -1.11. The first-order chi connectivity index (χ1) is 19.8. The summed E-state index contributed by atoms with van der Waals surface area (Å²) in [6, 6.07) is 12.7. The van der Waals surface area contributed by atoms with E-state index in [0.29, 0.717) is 52.2 Å². The quantitative estimate of drug-likeness (QED) is 0.238. The second-order valence-electron chi connectivity index (χ2n) is 10.00. The second-order valence-corrected chi connectivity index (χ2v) is 11.8. The van der Waals surface area contributed by atoms with E-state index in [1.54, 1.807) is 67.6 Å². The van der Waals surface area contributed by atoms with Gasteiger partial charge in [-0.2, -0.15) is 9.78 Å². The van der Waals surface area contributed by atoms with Gasteiger partial charge in [0.05, 0.1) is 39.9 Å². The number of aliphatic hydroxyl groups is 1. The number of hydrogen-bond donors (Lipinski definition) is 2. The number of rotatable bonds is 10. The molecule has 2 N–H and O–H groups in total. The molecule has 0 fully saturated rings. The summed E-state index contributed by atoms with van der Waals surface area (Å²) < 4.78 is 3.47. The third-order valence-electron chi connectivity index (χ3n) is 6.54. The Labute approximate surface area is 245 Å². The number of carbonyl (C=O) groups excluding carboxylic acids is 1. The molecule has 0 bridgehead atoms. The lowest BCUT2D eigenvalue weighted by molar-refractivity contribution is 0.0616. The zero-order valence-electron chi connectivity index (χ0n) is 22.5. The van der Waals surface area contributed by atoms with Crippen LogP contribution in [0, 0.1) is 5.41 Å². The van der Waals surface area contributed by atoms with Crippen LogP contribution in [-0.4, -0.2) is 46.9 Å². The lowest BCUT2D eigenvalue weighted by Crippen LogP contribution is -2.34. The average molecular weight is 590 g/mol. The van der Waals surface area contributed by atoms with Crippen LogP contribution < -0.4 is 10.9 Å². The standard InChI is InChI=1S/C29H28ClN7O3S/c1-29(2,18-38)28(40)37-25(34-17-20-6-7-24(30)41-20)15-23(35-37)26-21(22-5-3-4-10-33-22)9-14-36(27(26)39)13-8-19-16-31-11-12-32-19/h3-7,9-12,14-16,34,38H,8,13,17-18H2,1-2H3. The maximum atomic E-state index is 14.0. The van der Waals surface area contributed by atoms with Gasteiger partial charge in [-0.3, -0.25) is 24.5 Å². The molecule has 41 heavy (non-hydrogen) atoms. The van der Waals surface area contributed by atoms with Crippen molar-refractivity contribution in [2.75, 3.05) is 11.9 Å². The number of halogens is 1. The Morgan fingerprint density at radius 2 is 1.95 bits per heavy atom. The van der Waals surface area contributed by atoms with Crippen LogP contribution in [0.2, 0.25) is 4.34 Å². The largest absolute Gasteiger partial charge is 0.395 e. The Bertz CT molecular complexity index is 1720. The van der Waals surface area contributed by atoms with Crippen LogP contribution in [0.3, 0.4) is 0 Å². The fourth-order valence-corrected chi connectivity index (χ4v) is 5.22. The molecule has 0 atom stereocenters. The number of nitrogens with one attached hydrogen (secondary N) is 1. The van der Waals surface area contributed by atoms with Crippen LogP contribution >= 0.6 is 22.9 Å². The second kappa shape index (κ2) is 12.1. The average Bonchev–Trinajstić information content (AvgIpc) is 3.61. The molecule has 0 saturated carbocycles. The molecule has 5 rings (SSSR count). The number of aryl methyl sites for hydroxylation is 2. The number of thiophene rings is 1. The van der Waals surface area contributed by atoms with E-state index >= 15 is 0 Å². The van der Waals surface area contributed by atoms with E-state index in [4.69, 9.17) is 11.6 Å². The van der Waals surface area contributed by atoms with Gasteiger partial charge in [0.1, 0.15) is 11.5 Å². The molecule has 12 heteroatoms. The third-order valence-corrected chi connectivity index (χ3v) is 7.77. The molecule has 0 aliphatic heterocycles. The van der Waals surface area contributed by atoms with Gasteiger partial charge in [-0.25, -0.2) is 0 Å². The van der Waals surface area contributed by atoms with Crippen molar-refractivity contribution in [3.05, 3.63) is 98.7 Å². The SMILES string of the molecule is CC(C)(CO)C(=O)n1nc(-c2c(-c3ccccn3)ccn(CCc3cnccn3)c2=O)cc1NCc1ccc(Cl)s1. The van der Waals surface area contributed by atoms with Gasteiger partial charge in [0, 0.05) is 60.5 Å². The Morgan fingerprint density at radius 1 is 1.10 bits per heavy atom. The van der Waals surface area contributed by atoms with Crippen molar-refractivity contribution in [2.24, 2.45) is 5.41 Å². The van der Waals surface area contributed by atoms with E-state index in [2.05, 4.69) is 25.4 Å². The van der Waals surface area contributed by atoms with Crippen molar-refractivity contribution in [3.8, 4) is 22.5 Å². The van der Waals surface area contributed by atoms with Gasteiger partial charge in [-0.15, -0.1) is 11.3 Å². The number of nitrogens with zero attached hydrogens (tertiary/aromatic N) is 6. The molecule has 210 valence electrons. The monoisotopic (exact) mass is 589 g/mol. The van der Waals surface area contributed by atoms with Crippen LogP contribution in [0.5, 0.6) is 0 Å². The van der Waals surface area contributed by atoms with Crippen LogP contribution in [0.1, 0.15) is 29.2 Å². The predicted molar refractivity (Wildman–Crippen MR) is 159 cm³/mol. The molecule has 0 aliphatic rings. The Morgan fingerprint density at radius 3 is 2.63 bits per heavy atom. The molecule has 5 heterocycles. The summed E-state index contributed by atoms with van der Waals surface area (Å²) in [5.41, 5.74) is 1.16. The van der Waals surface area contributed by atoms with Crippen LogP contribution in [0.15, 0.2) is 78.2 Å². The fourth-order valence-electron chi connectivity index (χ4n) is 4.19. The van der Waals surface area contributed by atoms with Gasteiger partial charge in [0.25, 0.3) is 11.5 Å². The van der Waals surface area contributed by atoms with E-state index in [-0.39, 0.29) is 12.2 Å². The highest BCUT2D eigenvalue weighted by molar-refractivity contribution is 7.16. The molecule has 5 aromatic heterocycles. The van der Waals surface area contributed by atoms with Crippen molar-refractivity contribution in [3.63, 3.8) is 0 Å². The highest BCUT2D eigenvalue weighted by atomic mass is 35.5. The lowest BCUT2D eigenvalue weighted by Gasteiger charge is -2.20. The van der Waals surface area contributed by atoms with E-state index in [1.807, 2.05) is 24.3 Å². The molecule has 0 aliphatic carbocycles. The summed E-state index contributed by atoms with van der Waals surface area (Å²) in [6.45, 7) is 3.66. The molecular weight excluding hydrogens is 562 g/mol. The van der Waals surface area contributed by atoms with Crippen molar-refractivity contribution < 1.29 is 9.90 Å². The number of carbonyl (C=O) groups is 1.